The number of para-hydroxylation sites is 3. The normalized spacial score (nSPS) is 13.6. The number of amides is 2. The summed E-state index contributed by atoms with van der Waals surface area (Å²) in [6.07, 6.45) is 0.0497. The van der Waals surface area contributed by atoms with E-state index >= 15 is 0 Å². The first-order valence-electron chi connectivity index (χ1n) is 11.2. The molecule has 0 bridgehead atoms. The van der Waals surface area contributed by atoms with Crippen LogP contribution in [0.2, 0.25) is 0 Å². The Kier molecular flexibility index (Phi) is 8.19. The summed E-state index contributed by atoms with van der Waals surface area (Å²) in [7, 11) is 1.60. The molecule has 1 aliphatic heterocycles. The summed E-state index contributed by atoms with van der Waals surface area (Å²) in [5.41, 5.74) is 2.20. The van der Waals surface area contributed by atoms with Gasteiger partial charge in [-0.3, -0.25) is 9.59 Å². The van der Waals surface area contributed by atoms with E-state index in [0.29, 0.717) is 22.4 Å². The predicted molar refractivity (Wildman–Crippen MR) is 149 cm³/mol. The Morgan fingerprint density at radius 3 is 2.56 bits per heavy atom. The Labute approximate surface area is 219 Å². The van der Waals surface area contributed by atoms with Gasteiger partial charge in [-0.25, -0.2) is 0 Å². The Morgan fingerprint density at radius 2 is 1.78 bits per heavy atom. The van der Waals surface area contributed by atoms with Crippen LogP contribution in [-0.4, -0.2) is 35.1 Å². The third-order valence-corrected chi connectivity index (χ3v) is 6.47. The molecular formula is C26H25N5O3S2. The van der Waals surface area contributed by atoms with E-state index in [1.165, 1.54) is 16.8 Å². The molecule has 184 valence electrons. The van der Waals surface area contributed by atoms with E-state index in [-0.39, 0.29) is 18.2 Å². The van der Waals surface area contributed by atoms with Crippen molar-refractivity contribution in [2.45, 2.75) is 23.5 Å². The molecule has 0 spiro atoms. The molecule has 36 heavy (non-hydrogen) atoms. The minimum absolute atomic E-state index is 0.0497. The lowest BCUT2D eigenvalue weighted by atomic mass is 10.3. The number of hydrogen-bond donors (Lipinski definition) is 3. The van der Waals surface area contributed by atoms with Crippen LogP contribution in [-0.2, 0) is 9.59 Å². The number of hydrazone groups is 1. The summed E-state index contributed by atoms with van der Waals surface area (Å²) in [6.45, 7) is 1.81. The van der Waals surface area contributed by atoms with Gasteiger partial charge in [-0.15, -0.1) is 11.8 Å². The number of rotatable bonds is 7. The number of nitrogens with zero attached hydrogens (tertiary/aromatic N) is 2. The molecule has 0 saturated heterocycles. The molecule has 0 saturated carbocycles. The quantitative estimate of drug-likeness (QED) is 0.303. The van der Waals surface area contributed by atoms with Gasteiger partial charge in [0.25, 0.3) is 5.91 Å². The summed E-state index contributed by atoms with van der Waals surface area (Å²) in [6, 6.07) is 24.2. The topological polar surface area (TPSA) is 95.1 Å². The second-order valence-electron chi connectivity index (χ2n) is 7.82. The molecule has 0 aliphatic carbocycles. The van der Waals surface area contributed by atoms with Crippen LogP contribution in [0.1, 0.15) is 13.3 Å². The molecule has 1 atom stereocenters. The molecule has 3 aromatic rings. The van der Waals surface area contributed by atoms with Gasteiger partial charge in [-0.2, -0.15) is 10.1 Å². The Hall–Kier alpha value is -3.89. The Balaban J connectivity index is 1.33. The molecule has 4 rings (SSSR count). The average molecular weight is 520 g/mol. The fraction of sp³-hybridized carbons (Fsp3) is 0.154. The molecule has 1 unspecified atom stereocenters. The number of thiocarbonyl (C=S) groups is 1. The largest absolute Gasteiger partial charge is 0.495 e. The molecule has 3 N–H and O–H groups in total. The molecule has 0 aromatic heterocycles. The minimum atomic E-state index is -0.414. The van der Waals surface area contributed by atoms with Crippen LogP contribution >= 0.6 is 24.0 Å². The van der Waals surface area contributed by atoms with Crippen LogP contribution in [0, 0.1) is 0 Å². The van der Waals surface area contributed by atoms with Crippen LogP contribution < -0.4 is 25.7 Å². The lowest BCUT2D eigenvalue weighted by Gasteiger charge is -2.15. The van der Waals surface area contributed by atoms with Crippen LogP contribution in [0.25, 0.3) is 0 Å². The monoisotopic (exact) mass is 519 g/mol. The van der Waals surface area contributed by atoms with Crippen LogP contribution in [0.5, 0.6) is 5.75 Å². The van der Waals surface area contributed by atoms with Crippen molar-refractivity contribution in [3.63, 3.8) is 0 Å². The first-order valence-corrected chi connectivity index (χ1v) is 12.5. The first kappa shape index (κ1) is 25.2. The molecular weight excluding hydrogens is 494 g/mol. The van der Waals surface area contributed by atoms with Gasteiger partial charge in [-0.05, 0) is 61.6 Å². The lowest BCUT2D eigenvalue weighted by Crippen LogP contribution is -2.35. The summed E-state index contributed by atoms with van der Waals surface area (Å²) in [5.74, 6) is 0.609. The number of amidine groups is 1. The number of carbonyl (C=O) groups is 2. The van der Waals surface area contributed by atoms with Gasteiger partial charge in [-0.1, -0.05) is 36.4 Å². The van der Waals surface area contributed by atoms with E-state index in [1.54, 1.807) is 26.2 Å². The summed E-state index contributed by atoms with van der Waals surface area (Å²) in [5, 5.41) is 14.7. The van der Waals surface area contributed by atoms with E-state index in [9.17, 15) is 9.59 Å². The molecule has 1 heterocycles. The maximum Gasteiger partial charge on any atom is 0.255 e. The zero-order valence-corrected chi connectivity index (χ0v) is 21.4. The lowest BCUT2D eigenvalue weighted by molar-refractivity contribution is -0.118. The van der Waals surface area contributed by atoms with Crippen LogP contribution in [0.3, 0.4) is 0 Å². The standard InChI is InChI=1S/C26H25N5O3S2/c1-17(25(33)29-23-16-24(32)31(30-23)19-10-4-3-5-11-19)36-20-12-8-9-18(15-20)27-26(35)28-21-13-6-7-14-22(21)34-2/h3-15,17H,16H2,1-2H3,(H2,27,28,35)(H,29,30,33). The fourth-order valence-corrected chi connectivity index (χ4v) is 4.61. The molecule has 2 amide bonds. The highest BCUT2D eigenvalue weighted by Gasteiger charge is 2.27. The number of nitrogens with one attached hydrogen (secondary N) is 3. The van der Waals surface area contributed by atoms with Gasteiger partial charge in [0.15, 0.2) is 5.11 Å². The van der Waals surface area contributed by atoms with E-state index in [2.05, 4.69) is 21.1 Å². The third kappa shape index (κ3) is 6.41. The van der Waals surface area contributed by atoms with Crippen molar-refractivity contribution in [2.75, 3.05) is 22.8 Å². The average Bonchev–Trinajstić information content (AvgIpc) is 3.24. The maximum absolute atomic E-state index is 12.8. The van der Waals surface area contributed by atoms with Gasteiger partial charge in [0.2, 0.25) is 5.91 Å². The highest BCUT2D eigenvalue weighted by Crippen LogP contribution is 2.27. The van der Waals surface area contributed by atoms with Gasteiger partial charge in [0.1, 0.15) is 11.6 Å². The van der Waals surface area contributed by atoms with Gasteiger partial charge in [0.05, 0.1) is 30.2 Å². The zero-order chi connectivity index (χ0) is 25.5. The number of thioether (sulfide) groups is 1. The molecule has 0 radical (unpaired) electrons. The number of benzene rings is 3. The van der Waals surface area contributed by atoms with Gasteiger partial charge in [0, 0.05) is 10.6 Å². The van der Waals surface area contributed by atoms with E-state index < -0.39 is 5.25 Å². The number of hydrogen-bond acceptors (Lipinski definition) is 6. The molecule has 3 aromatic carbocycles. The molecule has 0 fully saturated rings. The Morgan fingerprint density at radius 1 is 1.03 bits per heavy atom. The second-order valence-corrected chi connectivity index (χ2v) is 9.64. The molecule has 1 aliphatic rings. The van der Waals surface area contributed by atoms with Crippen molar-refractivity contribution in [2.24, 2.45) is 5.10 Å². The van der Waals surface area contributed by atoms with E-state index in [0.717, 1.165) is 16.3 Å². The molecule has 10 heteroatoms. The third-order valence-electron chi connectivity index (χ3n) is 5.17. The van der Waals surface area contributed by atoms with Crippen molar-refractivity contribution < 1.29 is 14.3 Å². The van der Waals surface area contributed by atoms with Crippen molar-refractivity contribution in [1.29, 1.82) is 0 Å². The predicted octanol–water partition coefficient (Wildman–Crippen LogP) is 4.85. The number of anilines is 3. The molecule has 8 nitrogen and oxygen atoms in total. The summed E-state index contributed by atoms with van der Waals surface area (Å²) >= 11 is 6.83. The number of carbonyl (C=O) groups excluding carboxylic acids is 2. The van der Waals surface area contributed by atoms with Gasteiger partial charge >= 0.3 is 0 Å². The van der Waals surface area contributed by atoms with Crippen LogP contribution in [0.15, 0.2) is 88.9 Å². The summed E-state index contributed by atoms with van der Waals surface area (Å²) < 4.78 is 5.34. The summed E-state index contributed by atoms with van der Waals surface area (Å²) in [4.78, 5) is 26.0. The van der Waals surface area contributed by atoms with Crippen LogP contribution in [0.4, 0.5) is 17.1 Å². The highest BCUT2D eigenvalue weighted by molar-refractivity contribution is 8.00. The number of ether oxygens (including phenoxy) is 1. The fourth-order valence-electron chi connectivity index (χ4n) is 3.45. The van der Waals surface area contributed by atoms with E-state index in [1.807, 2.05) is 66.7 Å². The van der Waals surface area contributed by atoms with E-state index in [4.69, 9.17) is 17.0 Å². The van der Waals surface area contributed by atoms with Crippen molar-refractivity contribution in [3.05, 3.63) is 78.9 Å². The Bertz CT molecular complexity index is 1300. The second kappa shape index (κ2) is 11.7. The highest BCUT2D eigenvalue weighted by atomic mass is 32.2. The van der Waals surface area contributed by atoms with Crippen molar-refractivity contribution >= 4 is 63.8 Å². The minimum Gasteiger partial charge on any atom is -0.495 e. The van der Waals surface area contributed by atoms with Crippen molar-refractivity contribution in [1.82, 2.24) is 5.32 Å². The zero-order valence-electron chi connectivity index (χ0n) is 19.7. The van der Waals surface area contributed by atoms with Gasteiger partial charge < -0.3 is 20.7 Å². The number of methoxy groups -OCH3 is 1. The SMILES string of the molecule is COc1ccccc1NC(=S)Nc1cccc(SC(C)C(=O)NC2=NN(c3ccccc3)C(=O)C2)c1. The maximum atomic E-state index is 12.8. The first-order chi connectivity index (χ1) is 17.4. The van der Waals surface area contributed by atoms with Crippen molar-refractivity contribution in [3.8, 4) is 5.75 Å². The smallest absolute Gasteiger partial charge is 0.255 e.